The van der Waals surface area contributed by atoms with Crippen LogP contribution in [0, 0.1) is 17.8 Å². The van der Waals surface area contributed by atoms with Gasteiger partial charge in [-0.1, -0.05) is 26.7 Å². The van der Waals surface area contributed by atoms with Gasteiger partial charge in [-0.3, -0.25) is 4.79 Å². The summed E-state index contributed by atoms with van der Waals surface area (Å²) in [6.07, 6.45) is 10.8. The lowest BCUT2D eigenvalue weighted by Gasteiger charge is -2.35. The van der Waals surface area contributed by atoms with Crippen LogP contribution in [-0.2, 0) is 9.53 Å². The van der Waals surface area contributed by atoms with E-state index < -0.39 is 0 Å². The first kappa shape index (κ1) is 14.9. The molecule has 4 atom stereocenters. The second kappa shape index (κ2) is 6.28. The summed E-state index contributed by atoms with van der Waals surface area (Å²) >= 11 is 0. The Kier molecular flexibility index (Phi) is 4.92. The van der Waals surface area contributed by atoms with Crippen molar-refractivity contribution in [3.05, 3.63) is 0 Å². The molecular formula is C17H30O2. The number of fused-ring (bicyclic) bond motifs is 2. The van der Waals surface area contributed by atoms with Crippen molar-refractivity contribution >= 4 is 5.97 Å². The molecule has 2 nitrogen and oxygen atoms in total. The third-order valence-corrected chi connectivity index (χ3v) is 5.15. The number of esters is 1. The van der Waals surface area contributed by atoms with E-state index in [0.29, 0.717) is 6.42 Å². The lowest BCUT2D eigenvalue weighted by Crippen LogP contribution is -2.33. The Morgan fingerprint density at radius 2 is 1.95 bits per heavy atom. The average molecular weight is 266 g/mol. The lowest BCUT2D eigenvalue weighted by atomic mass is 9.73. The van der Waals surface area contributed by atoms with Crippen molar-refractivity contribution in [3.63, 3.8) is 0 Å². The molecule has 0 aromatic rings. The van der Waals surface area contributed by atoms with E-state index in [1.54, 1.807) is 0 Å². The van der Waals surface area contributed by atoms with Crippen LogP contribution in [0.15, 0.2) is 0 Å². The predicted molar refractivity (Wildman–Crippen MR) is 77.9 cm³/mol. The molecule has 0 heterocycles. The molecule has 0 amide bonds. The quantitative estimate of drug-likeness (QED) is 0.688. The van der Waals surface area contributed by atoms with Crippen molar-refractivity contribution in [2.45, 2.75) is 84.2 Å². The zero-order chi connectivity index (χ0) is 13.9. The molecule has 0 aliphatic heterocycles. The van der Waals surface area contributed by atoms with Crippen LogP contribution >= 0.6 is 0 Å². The monoisotopic (exact) mass is 266 g/mol. The summed E-state index contributed by atoms with van der Waals surface area (Å²) in [5, 5.41) is 0. The topological polar surface area (TPSA) is 26.3 Å². The molecule has 4 unspecified atom stereocenters. The van der Waals surface area contributed by atoms with Gasteiger partial charge in [0, 0.05) is 6.42 Å². The lowest BCUT2D eigenvalue weighted by molar-refractivity contribution is -0.159. The smallest absolute Gasteiger partial charge is 0.306 e. The Morgan fingerprint density at radius 1 is 1.21 bits per heavy atom. The van der Waals surface area contributed by atoms with Gasteiger partial charge in [0.25, 0.3) is 0 Å². The van der Waals surface area contributed by atoms with Crippen molar-refractivity contribution in [3.8, 4) is 0 Å². The second-order valence-corrected chi connectivity index (χ2v) is 7.11. The fourth-order valence-corrected chi connectivity index (χ4v) is 4.41. The fourth-order valence-electron chi connectivity index (χ4n) is 4.41. The SMILES string of the molecule is CCCC1CC2CCC(C)(OC(=O)CC)CC(C1)C2. The van der Waals surface area contributed by atoms with E-state index in [0.717, 1.165) is 30.6 Å². The number of carbonyl (C=O) groups is 1. The molecule has 2 fully saturated rings. The predicted octanol–water partition coefficient (Wildman–Crippen LogP) is 4.71. The first-order chi connectivity index (χ1) is 9.04. The zero-order valence-corrected chi connectivity index (χ0v) is 12.9. The minimum Gasteiger partial charge on any atom is -0.459 e. The van der Waals surface area contributed by atoms with Crippen LogP contribution < -0.4 is 0 Å². The van der Waals surface area contributed by atoms with Gasteiger partial charge in [0.05, 0.1) is 0 Å². The van der Waals surface area contributed by atoms with E-state index in [9.17, 15) is 4.79 Å². The molecule has 2 aliphatic rings. The van der Waals surface area contributed by atoms with Gasteiger partial charge in [0.2, 0.25) is 0 Å². The van der Waals surface area contributed by atoms with Crippen LogP contribution in [0.3, 0.4) is 0 Å². The molecule has 0 radical (unpaired) electrons. The van der Waals surface area contributed by atoms with Crippen LogP contribution in [0.1, 0.15) is 78.6 Å². The summed E-state index contributed by atoms with van der Waals surface area (Å²) in [6, 6.07) is 0. The number of hydrogen-bond donors (Lipinski definition) is 0. The minimum absolute atomic E-state index is 0.0240. The van der Waals surface area contributed by atoms with Crippen molar-refractivity contribution in [1.29, 1.82) is 0 Å². The van der Waals surface area contributed by atoms with Gasteiger partial charge in [-0.15, -0.1) is 0 Å². The highest BCUT2D eigenvalue weighted by atomic mass is 16.6. The molecule has 19 heavy (non-hydrogen) atoms. The highest BCUT2D eigenvalue weighted by molar-refractivity contribution is 5.69. The molecular weight excluding hydrogens is 236 g/mol. The number of ether oxygens (including phenoxy) is 1. The van der Waals surface area contributed by atoms with Gasteiger partial charge in [-0.05, 0) is 63.2 Å². The molecule has 2 aliphatic carbocycles. The van der Waals surface area contributed by atoms with Gasteiger partial charge in [-0.25, -0.2) is 0 Å². The molecule has 2 saturated carbocycles. The molecule has 0 saturated heterocycles. The Hall–Kier alpha value is -0.530. The molecule has 0 aromatic heterocycles. The zero-order valence-electron chi connectivity index (χ0n) is 12.9. The Labute approximate surface area is 118 Å². The first-order valence-corrected chi connectivity index (χ1v) is 8.26. The standard InChI is InChI=1S/C17H30O2/c1-4-6-13-9-14-7-8-17(3,19-16(18)5-2)12-15(10-13)11-14/h13-15H,4-12H2,1-3H3. The number of rotatable bonds is 4. The maximum Gasteiger partial charge on any atom is 0.306 e. The van der Waals surface area contributed by atoms with E-state index in [1.807, 2.05) is 6.92 Å². The summed E-state index contributed by atoms with van der Waals surface area (Å²) in [7, 11) is 0. The van der Waals surface area contributed by atoms with E-state index in [4.69, 9.17) is 4.74 Å². The number of hydrogen-bond acceptors (Lipinski definition) is 2. The third kappa shape index (κ3) is 3.97. The number of carbonyl (C=O) groups excluding carboxylic acids is 1. The summed E-state index contributed by atoms with van der Waals surface area (Å²) in [5.74, 6) is 2.58. The molecule has 0 aromatic carbocycles. The van der Waals surface area contributed by atoms with Gasteiger partial charge in [0.1, 0.15) is 5.60 Å². The maximum absolute atomic E-state index is 11.6. The minimum atomic E-state index is -0.187. The molecule has 2 heteroatoms. The van der Waals surface area contributed by atoms with E-state index >= 15 is 0 Å². The van der Waals surface area contributed by atoms with Crippen LogP contribution in [0.5, 0.6) is 0 Å². The van der Waals surface area contributed by atoms with Crippen LogP contribution in [0.25, 0.3) is 0 Å². The largest absolute Gasteiger partial charge is 0.459 e. The van der Waals surface area contributed by atoms with Crippen molar-refractivity contribution in [2.24, 2.45) is 17.8 Å². The molecule has 2 rings (SSSR count). The summed E-state index contributed by atoms with van der Waals surface area (Å²) in [6.45, 7) is 6.35. The average Bonchev–Trinajstić information content (AvgIpc) is 2.46. The van der Waals surface area contributed by atoms with E-state index in [2.05, 4.69) is 13.8 Å². The Balaban J connectivity index is 1.99. The summed E-state index contributed by atoms with van der Waals surface area (Å²) in [5.41, 5.74) is -0.187. The third-order valence-electron chi connectivity index (χ3n) is 5.15. The summed E-state index contributed by atoms with van der Waals surface area (Å²) in [4.78, 5) is 11.6. The van der Waals surface area contributed by atoms with Gasteiger partial charge >= 0.3 is 5.97 Å². The van der Waals surface area contributed by atoms with Crippen molar-refractivity contribution < 1.29 is 9.53 Å². The van der Waals surface area contributed by atoms with Gasteiger partial charge in [0.15, 0.2) is 0 Å². The second-order valence-electron chi connectivity index (χ2n) is 7.11. The molecule has 110 valence electrons. The van der Waals surface area contributed by atoms with Crippen LogP contribution in [-0.4, -0.2) is 11.6 Å². The molecule has 0 spiro atoms. The first-order valence-electron chi connectivity index (χ1n) is 8.26. The van der Waals surface area contributed by atoms with Crippen molar-refractivity contribution in [2.75, 3.05) is 0 Å². The van der Waals surface area contributed by atoms with E-state index in [1.165, 1.54) is 38.5 Å². The fraction of sp³-hybridized carbons (Fsp3) is 0.941. The normalized spacial score (nSPS) is 38.6. The highest BCUT2D eigenvalue weighted by Gasteiger charge is 2.40. The van der Waals surface area contributed by atoms with E-state index in [-0.39, 0.29) is 11.6 Å². The molecule has 2 bridgehead atoms. The Morgan fingerprint density at radius 3 is 2.63 bits per heavy atom. The molecule has 0 N–H and O–H groups in total. The van der Waals surface area contributed by atoms with Crippen LogP contribution in [0.4, 0.5) is 0 Å². The highest BCUT2D eigenvalue weighted by Crippen LogP contribution is 2.46. The summed E-state index contributed by atoms with van der Waals surface area (Å²) < 4.78 is 5.77. The van der Waals surface area contributed by atoms with Crippen LogP contribution in [0.2, 0.25) is 0 Å². The Bertz CT molecular complexity index is 312. The van der Waals surface area contributed by atoms with Crippen molar-refractivity contribution in [1.82, 2.24) is 0 Å². The maximum atomic E-state index is 11.6. The van der Waals surface area contributed by atoms with Gasteiger partial charge < -0.3 is 4.74 Å². The van der Waals surface area contributed by atoms with Gasteiger partial charge in [-0.2, -0.15) is 0 Å².